The van der Waals surface area contributed by atoms with Crippen LogP contribution in [-0.4, -0.2) is 34.3 Å². The molecule has 1 saturated heterocycles. The van der Waals surface area contributed by atoms with Gasteiger partial charge in [0, 0.05) is 23.9 Å². The van der Waals surface area contributed by atoms with Gasteiger partial charge in [0.25, 0.3) is 5.91 Å². The van der Waals surface area contributed by atoms with Crippen LogP contribution in [0.25, 0.3) is 0 Å². The molecule has 1 aromatic rings. The minimum Gasteiger partial charge on any atom is -0.335 e. The number of alkyl halides is 1. The smallest absolute Gasteiger partial charge is 0.273 e. The second kappa shape index (κ2) is 3.76. The molecule has 0 aromatic carbocycles. The average Bonchev–Trinajstić information content (AvgIpc) is 2.74. The van der Waals surface area contributed by atoms with E-state index in [1.807, 2.05) is 0 Å². The Morgan fingerprint density at radius 1 is 1.73 bits per heavy atom. The molecule has 0 aliphatic carbocycles. The van der Waals surface area contributed by atoms with E-state index in [9.17, 15) is 4.79 Å². The SMILES string of the molecule is CC1(C)CN(C(=O)c2cscn2)CC1Cl. The van der Waals surface area contributed by atoms with Gasteiger partial charge in [-0.2, -0.15) is 0 Å². The Labute approximate surface area is 98.1 Å². The number of hydrogen-bond acceptors (Lipinski definition) is 3. The number of aromatic nitrogens is 1. The molecule has 1 amide bonds. The van der Waals surface area contributed by atoms with Crippen LogP contribution in [0.5, 0.6) is 0 Å². The van der Waals surface area contributed by atoms with Gasteiger partial charge >= 0.3 is 0 Å². The third kappa shape index (κ3) is 2.01. The molecule has 1 aliphatic heterocycles. The van der Waals surface area contributed by atoms with Gasteiger partial charge in [0.1, 0.15) is 5.69 Å². The highest BCUT2D eigenvalue weighted by molar-refractivity contribution is 7.07. The molecule has 1 unspecified atom stereocenters. The van der Waals surface area contributed by atoms with Gasteiger partial charge in [-0.3, -0.25) is 4.79 Å². The molecule has 82 valence electrons. The number of nitrogens with zero attached hydrogens (tertiary/aromatic N) is 2. The lowest BCUT2D eigenvalue weighted by atomic mass is 9.92. The molecular formula is C10H13ClN2OS. The van der Waals surface area contributed by atoms with Gasteiger partial charge in [-0.25, -0.2) is 4.98 Å². The Hall–Kier alpha value is -0.610. The summed E-state index contributed by atoms with van der Waals surface area (Å²) in [6, 6.07) is 0. The third-order valence-electron chi connectivity index (χ3n) is 2.77. The topological polar surface area (TPSA) is 33.2 Å². The molecule has 1 fully saturated rings. The van der Waals surface area contributed by atoms with Crippen molar-refractivity contribution < 1.29 is 4.79 Å². The van der Waals surface area contributed by atoms with Crippen LogP contribution < -0.4 is 0 Å². The largest absolute Gasteiger partial charge is 0.335 e. The summed E-state index contributed by atoms with van der Waals surface area (Å²) in [5.74, 6) is -0.00697. The van der Waals surface area contributed by atoms with E-state index in [1.165, 1.54) is 11.3 Å². The highest BCUT2D eigenvalue weighted by Gasteiger charge is 2.40. The number of thiazole rings is 1. The zero-order chi connectivity index (χ0) is 11.1. The number of rotatable bonds is 1. The Balaban J connectivity index is 2.12. The lowest BCUT2D eigenvalue weighted by molar-refractivity contribution is 0.0773. The molecule has 15 heavy (non-hydrogen) atoms. The minimum absolute atomic E-state index is 0.00671. The fraction of sp³-hybridized carbons (Fsp3) is 0.600. The van der Waals surface area contributed by atoms with E-state index in [-0.39, 0.29) is 16.7 Å². The van der Waals surface area contributed by atoms with E-state index in [4.69, 9.17) is 11.6 Å². The van der Waals surface area contributed by atoms with E-state index < -0.39 is 0 Å². The van der Waals surface area contributed by atoms with Crippen molar-refractivity contribution in [2.75, 3.05) is 13.1 Å². The molecule has 5 heteroatoms. The van der Waals surface area contributed by atoms with Gasteiger partial charge in [-0.15, -0.1) is 22.9 Å². The van der Waals surface area contributed by atoms with Gasteiger partial charge in [0.2, 0.25) is 0 Å². The highest BCUT2D eigenvalue weighted by atomic mass is 35.5. The molecule has 0 bridgehead atoms. The summed E-state index contributed by atoms with van der Waals surface area (Å²) in [6.45, 7) is 5.49. The van der Waals surface area contributed by atoms with Crippen molar-refractivity contribution in [2.24, 2.45) is 5.41 Å². The quantitative estimate of drug-likeness (QED) is 0.710. The van der Waals surface area contributed by atoms with Gasteiger partial charge in [0.15, 0.2) is 0 Å². The zero-order valence-electron chi connectivity index (χ0n) is 8.74. The zero-order valence-corrected chi connectivity index (χ0v) is 10.3. The first-order valence-electron chi connectivity index (χ1n) is 4.82. The predicted octanol–water partition coefficient (Wildman–Crippen LogP) is 2.23. The molecule has 0 saturated carbocycles. The Kier molecular flexibility index (Phi) is 2.73. The fourth-order valence-electron chi connectivity index (χ4n) is 1.73. The lowest BCUT2D eigenvalue weighted by Gasteiger charge is -2.20. The molecule has 1 atom stereocenters. The van der Waals surface area contributed by atoms with Crippen LogP contribution in [0.15, 0.2) is 10.9 Å². The normalized spacial score (nSPS) is 24.5. The standard InChI is InChI=1S/C10H13ClN2OS/c1-10(2)5-13(3-8(10)11)9(14)7-4-15-6-12-7/h4,6,8H,3,5H2,1-2H3. The number of amides is 1. The summed E-state index contributed by atoms with van der Waals surface area (Å²) in [5, 5.41) is 1.80. The maximum absolute atomic E-state index is 12.0. The van der Waals surface area contributed by atoms with Crippen molar-refractivity contribution in [3.63, 3.8) is 0 Å². The summed E-state index contributed by atoms with van der Waals surface area (Å²) in [6.07, 6.45) is 0. The van der Waals surface area contributed by atoms with Crippen molar-refractivity contribution in [3.8, 4) is 0 Å². The van der Waals surface area contributed by atoms with Crippen molar-refractivity contribution >= 4 is 28.8 Å². The predicted molar refractivity (Wildman–Crippen MR) is 61.4 cm³/mol. The second-order valence-corrected chi connectivity index (χ2v) is 5.76. The van der Waals surface area contributed by atoms with Crippen LogP contribution in [0.3, 0.4) is 0 Å². The Morgan fingerprint density at radius 3 is 2.93 bits per heavy atom. The van der Waals surface area contributed by atoms with E-state index in [0.29, 0.717) is 18.8 Å². The molecular weight excluding hydrogens is 232 g/mol. The first kappa shape index (κ1) is 10.9. The highest BCUT2D eigenvalue weighted by Crippen LogP contribution is 2.34. The first-order valence-corrected chi connectivity index (χ1v) is 6.20. The van der Waals surface area contributed by atoms with Crippen molar-refractivity contribution in [2.45, 2.75) is 19.2 Å². The average molecular weight is 245 g/mol. The summed E-state index contributed by atoms with van der Waals surface area (Å²) in [5.41, 5.74) is 2.20. The molecule has 2 heterocycles. The van der Waals surface area contributed by atoms with Gasteiger partial charge in [-0.05, 0) is 0 Å². The molecule has 0 spiro atoms. The van der Waals surface area contributed by atoms with Crippen LogP contribution >= 0.6 is 22.9 Å². The monoisotopic (exact) mass is 244 g/mol. The third-order valence-corrected chi connectivity index (χ3v) is 4.08. The minimum atomic E-state index is -0.00697. The Bertz CT molecular complexity index is 364. The van der Waals surface area contributed by atoms with E-state index >= 15 is 0 Å². The van der Waals surface area contributed by atoms with Crippen LogP contribution in [0.2, 0.25) is 0 Å². The van der Waals surface area contributed by atoms with Gasteiger partial charge in [-0.1, -0.05) is 13.8 Å². The molecule has 1 aliphatic rings. The van der Waals surface area contributed by atoms with Crippen molar-refractivity contribution in [1.29, 1.82) is 0 Å². The first-order chi connectivity index (χ1) is 7.00. The summed E-state index contributed by atoms with van der Waals surface area (Å²) in [4.78, 5) is 17.8. The van der Waals surface area contributed by atoms with Gasteiger partial charge in [0.05, 0.1) is 10.9 Å². The summed E-state index contributed by atoms with van der Waals surface area (Å²) < 4.78 is 0. The van der Waals surface area contributed by atoms with E-state index in [0.717, 1.165) is 0 Å². The van der Waals surface area contributed by atoms with E-state index in [1.54, 1.807) is 15.8 Å². The lowest BCUT2D eigenvalue weighted by Crippen LogP contribution is -2.30. The van der Waals surface area contributed by atoms with Crippen LogP contribution in [0.4, 0.5) is 0 Å². The van der Waals surface area contributed by atoms with Crippen LogP contribution in [0.1, 0.15) is 24.3 Å². The van der Waals surface area contributed by atoms with Crippen LogP contribution in [-0.2, 0) is 0 Å². The number of hydrogen-bond donors (Lipinski definition) is 0. The molecule has 0 radical (unpaired) electrons. The Morgan fingerprint density at radius 2 is 2.47 bits per heavy atom. The van der Waals surface area contributed by atoms with E-state index in [2.05, 4.69) is 18.8 Å². The number of halogens is 1. The van der Waals surface area contributed by atoms with Crippen molar-refractivity contribution in [1.82, 2.24) is 9.88 Å². The molecule has 2 rings (SSSR count). The summed E-state index contributed by atoms with van der Waals surface area (Å²) >= 11 is 7.63. The molecule has 3 nitrogen and oxygen atoms in total. The maximum atomic E-state index is 12.0. The molecule has 1 aromatic heterocycles. The maximum Gasteiger partial charge on any atom is 0.273 e. The fourth-order valence-corrected chi connectivity index (χ4v) is 2.49. The van der Waals surface area contributed by atoms with Crippen LogP contribution in [0, 0.1) is 5.41 Å². The van der Waals surface area contributed by atoms with Crippen molar-refractivity contribution in [3.05, 3.63) is 16.6 Å². The molecule has 0 N–H and O–H groups in total. The number of likely N-dealkylation sites (tertiary alicyclic amines) is 1. The second-order valence-electron chi connectivity index (χ2n) is 4.52. The number of carbonyl (C=O) groups excluding carboxylic acids is 1. The number of carbonyl (C=O) groups is 1. The summed E-state index contributed by atoms with van der Waals surface area (Å²) in [7, 11) is 0. The van der Waals surface area contributed by atoms with Gasteiger partial charge < -0.3 is 4.90 Å².